The summed E-state index contributed by atoms with van der Waals surface area (Å²) in [6, 6.07) is 22.2. The Labute approximate surface area is 165 Å². The van der Waals surface area contributed by atoms with Crippen molar-refractivity contribution in [3.63, 3.8) is 0 Å². The fourth-order valence-corrected chi connectivity index (χ4v) is 4.27. The molecule has 2 aromatic carbocycles. The maximum absolute atomic E-state index is 3.56. The van der Waals surface area contributed by atoms with Gasteiger partial charge in [-0.05, 0) is 75.1 Å². The number of allylic oxidation sites excluding steroid dienone is 3. The van der Waals surface area contributed by atoms with E-state index in [1.165, 1.54) is 48.8 Å². The first-order valence-electron chi connectivity index (χ1n) is 10.4. The lowest BCUT2D eigenvalue weighted by Crippen LogP contribution is -2.30. The fourth-order valence-electron chi connectivity index (χ4n) is 4.27. The third-order valence-corrected chi connectivity index (χ3v) is 5.87. The lowest BCUT2D eigenvalue weighted by molar-refractivity contribution is 0.457. The van der Waals surface area contributed by atoms with E-state index in [4.69, 9.17) is 0 Å². The largest absolute Gasteiger partial charge is 0.313 e. The van der Waals surface area contributed by atoms with Crippen molar-refractivity contribution in [3.8, 4) is 0 Å². The van der Waals surface area contributed by atoms with Gasteiger partial charge in [-0.3, -0.25) is 0 Å². The van der Waals surface area contributed by atoms with Gasteiger partial charge < -0.3 is 5.32 Å². The van der Waals surface area contributed by atoms with Crippen LogP contribution in [-0.4, -0.2) is 13.1 Å². The second kappa shape index (κ2) is 10.3. The second-order valence-electron chi connectivity index (χ2n) is 7.69. The summed E-state index contributed by atoms with van der Waals surface area (Å²) < 4.78 is 0. The Balaban J connectivity index is 1.64. The van der Waals surface area contributed by atoms with Gasteiger partial charge in [0.15, 0.2) is 0 Å². The lowest BCUT2D eigenvalue weighted by atomic mass is 9.87. The van der Waals surface area contributed by atoms with Crippen LogP contribution in [0.5, 0.6) is 0 Å². The summed E-state index contributed by atoms with van der Waals surface area (Å²) in [5.41, 5.74) is 5.91. The SMILES string of the molecule is CC=C(CC1CC=C(c2ccccc2)CCC1)C(Cc1ccccc1)NC. The molecule has 0 amide bonds. The summed E-state index contributed by atoms with van der Waals surface area (Å²) >= 11 is 0. The molecule has 0 radical (unpaired) electrons. The van der Waals surface area contributed by atoms with E-state index >= 15 is 0 Å². The molecule has 2 unspecified atom stereocenters. The van der Waals surface area contributed by atoms with Gasteiger partial charge in [-0.2, -0.15) is 0 Å². The van der Waals surface area contributed by atoms with Gasteiger partial charge in [0.1, 0.15) is 0 Å². The topological polar surface area (TPSA) is 12.0 Å². The number of hydrogen-bond donors (Lipinski definition) is 1. The number of hydrogen-bond acceptors (Lipinski definition) is 1. The second-order valence-corrected chi connectivity index (χ2v) is 7.69. The van der Waals surface area contributed by atoms with E-state index in [1.54, 1.807) is 5.57 Å². The van der Waals surface area contributed by atoms with Gasteiger partial charge in [0.05, 0.1) is 0 Å². The fraction of sp³-hybridized carbons (Fsp3) is 0.385. The van der Waals surface area contributed by atoms with Crippen LogP contribution in [-0.2, 0) is 6.42 Å². The number of benzene rings is 2. The molecular weight excluding hydrogens is 326 g/mol. The molecule has 0 aromatic heterocycles. The standard InChI is InChI=1S/C26H33N/c1-3-23(26(27-2)20-21-11-6-4-7-12-21)19-22-13-10-16-25(18-17-22)24-14-8-5-9-15-24/h3-9,11-12,14-15,18,22,26-27H,10,13,16-17,19-20H2,1-2H3. The van der Waals surface area contributed by atoms with Crippen LogP contribution in [0.2, 0.25) is 0 Å². The van der Waals surface area contributed by atoms with Crippen LogP contribution < -0.4 is 5.32 Å². The summed E-state index contributed by atoms with van der Waals surface area (Å²) in [5, 5.41) is 3.56. The van der Waals surface area contributed by atoms with E-state index in [1.807, 2.05) is 0 Å². The first-order chi connectivity index (χ1) is 13.3. The highest BCUT2D eigenvalue weighted by atomic mass is 14.9. The van der Waals surface area contributed by atoms with Gasteiger partial charge in [0.25, 0.3) is 0 Å². The van der Waals surface area contributed by atoms with Gasteiger partial charge in [-0.25, -0.2) is 0 Å². The third kappa shape index (κ3) is 5.68. The molecule has 2 aromatic rings. The minimum absolute atomic E-state index is 0.429. The zero-order chi connectivity index (χ0) is 18.9. The highest BCUT2D eigenvalue weighted by Crippen LogP contribution is 2.32. The van der Waals surface area contributed by atoms with Crippen LogP contribution in [0.3, 0.4) is 0 Å². The normalized spacial score (nSPS) is 19.3. The molecule has 0 heterocycles. The van der Waals surface area contributed by atoms with E-state index in [-0.39, 0.29) is 0 Å². The van der Waals surface area contributed by atoms with E-state index < -0.39 is 0 Å². The van der Waals surface area contributed by atoms with Crippen molar-refractivity contribution in [2.75, 3.05) is 7.05 Å². The Kier molecular flexibility index (Phi) is 7.47. The minimum Gasteiger partial charge on any atom is -0.313 e. The number of rotatable bonds is 7. The predicted molar refractivity (Wildman–Crippen MR) is 118 cm³/mol. The van der Waals surface area contributed by atoms with Gasteiger partial charge in [-0.15, -0.1) is 0 Å². The predicted octanol–water partition coefficient (Wildman–Crippen LogP) is 6.43. The van der Waals surface area contributed by atoms with Gasteiger partial charge in [0, 0.05) is 6.04 Å². The smallest absolute Gasteiger partial charge is 0.0317 e. The van der Waals surface area contributed by atoms with Crippen LogP contribution in [0.15, 0.2) is 78.4 Å². The molecular formula is C26H33N. The molecule has 27 heavy (non-hydrogen) atoms. The Morgan fingerprint density at radius 1 is 1.07 bits per heavy atom. The molecule has 0 fully saturated rings. The Hall–Kier alpha value is -2.12. The molecule has 3 rings (SSSR count). The number of likely N-dealkylation sites (N-methyl/N-ethyl adjacent to an activating group) is 1. The van der Waals surface area contributed by atoms with Crippen molar-refractivity contribution >= 4 is 5.57 Å². The average molecular weight is 360 g/mol. The summed E-state index contributed by atoms with van der Waals surface area (Å²) in [6.45, 7) is 2.20. The summed E-state index contributed by atoms with van der Waals surface area (Å²) in [5.74, 6) is 0.754. The quantitative estimate of drug-likeness (QED) is 0.562. The van der Waals surface area contributed by atoms with Crippen molar-refractivity contribution in [2.45, 2.75) is 51.5 Å². The van der Waals surface area contributed by atoms with Crippen molar-refractivity contribution in [1.82, 2.24) is 5.32 Å². The molecule has 0 saturated carbocycles. The first-order valence-corrected chi connectivity index (χ1v) is 10.4. The molecule has 1 heteroatoms. The maximum Gasteiger partial charge on any atom is 0.0317 e. The molecule has 1 aliphatic rings. The summed E-state index contributed by atoms with van der Waals surface area (Å²) in [7, 11) is 2.09. The Morgan fingerprint density at radius 3 is 2.44 bits per heavy atom. The van der Waals surface area contributed by atoms with Crippen LogP contribution in [0.25, 0.3) is 5.57 Å². The summed E-state index contributed by atoms with van der Waals surface area (Å²) in [6.07, 6.45) is 12.1. The van der Waals surface area contributed by atoms with Crippen LogP contribution in [0, 0.1) is 5.92 Å². The molecule has 2 atom stereocenters. The zero-order valence-corrected chi connectivity index (χ0v) is 16.8. The van der Waals surface area contributed by atoms with Crippen LogP contribution in [0.1, 0.15) is 50.2 Å². The average Bonchev–Trinajstić information content (AvgIpc) is 2.97. The van der Waals surface area contributed by atoms with Crippen molar-refractivity contribution in [2.24, 2.45) is 5.92 Å². The van der Waals surface area contributed by atoms with Crippen LogP contribution in [0.4, 0.5) is 0 Å². The maximum atomic E-state index is 3.56. The molecule has 142 valence electrons. The van der Waals surface area contributed by atoms with E-state index in [9.17, 15) is 0 Å². The van der Waals surface area contributed by atoms with E-state index in [0.717, 1.165) is 12.3 Å². The van der Waals surface area contributed by atoms with Crippen molar-refractivity contribution in [1.29, 1.82) is 0 Å². The molecule has 0 aliphatic heterocycles. The van der Waals surface area contributed by atoms with E-state index in [2.05, 4.69) is 92.1 Å². The Morgan fingerprint density at radius 2 is 1.78 bits per heavy atom. The molecule has 1 nitrogen and oxygen atoms in total. The molecule has 1 N–H and O–H groups in total. The number of nitrogens with one attached hydrogen (secondary N) is 1. The highest BCUT2D eigenvalue weighted by Gasteiger charge is 2.19. The first kappa shape index (κ1) is 19.6. The van der Waals surface area contributed by atoms with Crippen LogP contribution >= 0.6 is 0 Å². The molecule has 1 aliphatic carbocycles. The summed E-state index contributed by atoms with van der Waals surface area (Å²) in [4.78, 5) is 0. The monoisotopic (exact) mass is 359 g/mol. The highest BCUT2D eigenvalue weighted by molar-refractivity contribution is 5.65. The molecule has 0 saturated heterocycles. The zero-order valence-electron chi connectivity index (χ0n) is 16.8. The van der Waals surface area contributed by atoms with E-state index in [0.29, 0.717) is 6.04 Å². The molecule has 0 spiro atoms. The third-order valence-electron chi connectivity index (χ3n) is 5.87. The Bertz CT molecular complexity index is 742. The van der Waals surface area contributed by atoms with Crippen molar-refractivity contribution in [3.05, 3.63) is 89.5 Å². The van der Waals surface area contributed by atoms with Gasteiger partial charge in [-0.1, -0.05) is 78.4 Å². The van der Waals surface area contributed by atoms with Gasteiger partial charge in [0.2, 0.25) is 0 Å². The minimum atomic E-state index is 0.429. The van der Waals surface area contributed by atoms with Gasteiger partial charge >= 0.3 is 0 Å². The van der Waals surface area contributed by atoms with Crippen molar-refractivity contribution < 1.29 is 0 Å². The lowest BCUT2D eigenvalue weighted by Gasteiger charge is -2.24. The molecule has 0 bridgehead atoms.